The molecule has 0 radical (unpaired) electrons. The number of methoxy groups -OCH3 is 1. The van der Waals surface area contributed by atoms with Crippen LogP contribution in [0.3, 0.4) is 0 Å². The van der Waals surface area contributed by atoms with Gasteiger partial charge in [-0.25, -0.2) is 4.99 Å². The summed E-state index contributed by atoms with van der Waals surface area (Å²) < 4.78 is 5.31. The van der Waals surface area contributed by atoms with E-state index >= 15 is 0 Å². The fraction of sp³-hybridized carbons (Fsp3) is 0.412. The van der Waals surface area contributed by atoms with Gasteiger partial charge in [0.05, 0.1) is 7.11 Å². The van der Waals surface area contributed by atoms with Crippen molar-refractivity contribution in [2.75, 3.05) is 7.11 Å². The van der Waals surface area contributed by atoms with E-state index in [1.807, 2.05) is 24.3 Å². The number of ether oxygens (including phenoxy) is 1. The fourth-order valence-electron chi connectivity index (χ4n) is 2.99. The molecular formula is C17H20N2O2. The van der Waals surface area contributed by atoms with Gasteiger partial charge in [-0.3, -0.25) is 4.79 Å². The molecule has 0 spiro atoms. The Morgan fingerprint density at radius 1 is 1.24 bits per heavy atom. The number of nitrogens with zero attached hydrogens (tertiary/aromatic N) is 1. The van der Waals surface area contributed by atoms with Crippen molar-refractivity contribution in [2.45, 2.75) is 32.1 Å². The van der Waals surface area contributed by atoms with Crippen molar-refractivity contribution in [3.05, 3.63) is 35.5 Å². The molecule has 1 saturated carbocycles. The van der Waals surface area contributed by atoms with E-state index in [2.05, 4.69) is 10.3 Å². The molecule has 1 aromatic rings. The first-order valence-electron chi connectivity index (χ1n) is 7.52. The van der Waals surface area contributed by atoms with Crippen LogP contribution in [-0.4, -0.2) is 18.9 Å². The van der Waals surface area contributed by atoms with Crippen molar-refractivity contribution in [1.29, 1.82) is 0 Å². The smallest absolute Gasteiger partial charge is 0.275 e. The highest BCUT2D eigenvalue weighted by atomic mass is 16.5. The summed E-state index contributed by atoms with van der Waals surface area (Å²) in [7, 11) is 1.63. The van der Waals surface area contributed by atoms with Crippen LogP contribution < -0.4 is 10.1 Å². The van der Waals surface area contributed by atoms with Crippen LogP contribution in [0.2, 0.25) is 0 Å². The summed E-state index contributed by atoms with van der Waals surface area (Å²) in [5.74, 6) is 1.90. The van der Waals surface area contributed by atoms with Crippen molar-refractivity contribution in [2.24, 2.45) is 10.9 Å². The number of amides is 1. The summed E-state index contributed by atoms with van der Waals surface area (Å²) in [4.78, 5) is 16.6. The second-order valence-electron chi connectivity index (χ2n) is 5.56. The lowest BCUT2D eigenvalue weighted by Crippen LogP contribution is -2.31. The summed E-state index contributed by atoms with van der Waals surface area (Å²) in [6.07, 6.45) is 7.80. The van der Waals surface area contributed by atoms with Gasteiger partial charge in [0.1, 0.15) is 17.3 Å². The third-order valence-electron chi connectivity index (χ3n) is 4.14. The average molecular weight is 284 g/mol. The highest BCUT2D eigenvalue weighted by Crippen LogP contribution is 2.28. The largest absolute Gasteiger partial charge is 0.496 e. The molecular weight excluding hydrogens is 264 g/mol. The summed E-state index contributed by atoms with van der Waals surface area (Å²) in [5, 5.41) is 2.93. The normalized spacial score (nSPS) is 21.3. The van der Waals surface area contributed by atoms with Crippen LogP contribution >= 0.6 is 0 Å². The highest BCUT2D eigenvalue weighted by Gasteiger charge is 2.27. The van der Waals surface area contributed by atoms with Crippen LogP contribution in [0.4, 0.5) is 0 Å². The first kappa shape index (κ1) is 13.9. The minimum absolute atomic E-state index is 0.110. The molecule has 1 aliphatic heterocycles. The van der Waals surface area contributed by atoms with E-state index in [-0.39, 0.29) is 5.91 Å². The number of carbonyl (C=O) groups is 1. The molecule has 0 bridgehead atoms. The Labute approximate surface area is 124 Å². The standard InChI is InChI=1S/C17H20N2O2/c1-21-15-10-6-5-9-13(15)11-14-17(20)19-16(18-14)12-7-3-2-4-8-12/h5-6,9-12H,2-4,7-8H2,1H3,(H,18,19,20)/b14-11-. The molecule has 1 aromatic carbocycles. The molecule has 0 saturated heterocycles. The van der Waals surface area contributed by atoms with Crippen LogP contribution in [0.15, 0.2) is 35.0 Å². The SMILES string of the molecule is COc1ccccc1/C=C1\N=C(C2CCCCC2)NC1=O. The minimum atomic E-state index is -0.110. The molecule has 4 nitrogen and oxygen atoms in total. The van der Waals surface area contributed by atoms with Gasteiger partial charge in [-0.05, 0) is 25.0 Å². The Balaban J connectivity index is 1.85. The molecule has 1 heterocycles. The van der Waals surface area contributed by atoms with Gasteiger partial charge in [0.2, 0.25) is 0 Å². The maximum Gasteiger partial charge on any atom is 0.275 e. The van der Waals surface area contributed by atoms with Gasteiger partial charge in [0.25, 0.3) is 5.91 Å². The topological polar surface area (TPSA) is 50.7 Å². The Morgan fingerprint density at radius 2 is 2.00 bits per heavy atom. The second kappa shape index (κ2) is 6.12. The minimum Gasteiger partial charge on any atom is -0.496 e. The van der Waals surface area contributed by atoms with Crippen molar-refractivity contribution in [3.63, 3.8) is 0 Å². The van der Waals surface area contributed by atoms with E-state index in [1.165, 1.54) is 19.3 Å². The number of aliphatic imine (C=N–C) groups is 1. The first-order chi connectivity index (χ1) is 10.3. The molecule has 1 aliphatic carbocycles. The maximum absolute atomic E-state index is 12.1. The number of hydrogen-bond acceptors (Lipinski definition) is 3. The lowest BCUT2D eigenvalue weighted by atomic mass is 9.88. The predicted molar refractivity (Wildman–Crippen MR) is 83.1 cm³/mol. The Bertz CT molecular complexity index is 599. The van der Waals surface area contributed by atoms with E-state index in [0.717, 1.165) is 30.0 Å². The third kappa shape index (κ3) is 2.99. The average Bonchev–Trinajstić information content (AvgIpc) is 2.90. The van der Waals surface area contributed by atoms with Crippen molar-refractivity contribution in [3.8, 4) is 5.75 Å². The van der Waals surface area contributed by atoms with Crippen LogP contribution in [0.1, 0.15) is 37.7 Å². The molecule has 0 atom stereocenters. The molecule has 1 amide bonds. The molecule has 0 unspecified atom stereocenters. The van der Waals surface area contributed by atoms with Crippen molar-refractivity contribution < 1.29 is 9.53 Å². The van der Waals surface area contributed by atoms with Gasteiger partial charge >= 0.3 is 0 Å². The number of nitrogens with one attached hydrogen (secondary N) is 1. The first-order valence-corrected chi connectivity index (χ1v) is 7.52. The van der Waals surface area contributed by atoms with Crippen LogP contribution in [0.5, 0.6) is 5.75 Å². The van der Waals surface area contributed by atoms with Crippen molar-refractivity contribution in [1.82, 2.24) is 5.32 Å². The van der Waals surface area contributed by atoms with E-state index in [0.29, 0.717) is 11.6 Å². The van der Waals surface area contributed by atoms with E-state index in [4.69, 9.17) is 4.74 Å². The number of carbonyl (C=O) groups excluding carboxylic acids is 1. The zero-order valence-electron chi connectivity index (χ0n) is 12.3. The van der Waals surface area contributed by atoms with Gasteiger partial charge in [-0.15, -0.1) is 0 Å². The summed E-state index contributed by atoms with van der Waals surface area (Å²) in [6.45, 7) is 0. The quantitative estimate of drug-likeness (QED) is 0.867. The molecule has 2 aliphatic rings. The zero-order chi connectivity index (χ0) is 14.7. The molecule has 110 valence electrons. The number of amidine groups is 1. The molecule has 3 rings (SSSR count). The predicted octanol–water partition coefficient (Wildman–Crippen LogP) is 3.14. The van der Waals surface area contributed by atoms with Crippen LogP contribution in [0, 0.1) is 5.92 Å². The van der Waals surface area contributed by atoms with E-state index in [1.54, 1.807) is 13.2 Å². The fourth-order valence-corrected chi connectivity index (χ4v) is 2.99. The summed E-state index contributed by atoms with van der Waals surface area (Å²) in [5.41, 5.74) is 1.35. The number of hydrogen-bond donors (Lipinski definition) is 1. The number of para-hydroxylation sites is 1. The highest BCUT2D eigenvalue weighted by molar-refractivity contribution is 6.15. The molecule has 1 N–H and O–H groups in total. The lowest BCUT2D eigenvalue weighted by molar-refractivity contribution is -0.115. The monoisotopic (exact) mass is 284 g/mol. The molecule has 4 heteroatoms. The van der Waals surface area contributed by atoms with Gasteiger partial charge in [0, 0.05) is 11.5 Å². The summed E-state index contributed by atoms with van der Waals surface area (Å²) in [6, 6.07) is 7.64. The maximum atomic E-state index is 12.1. The Kier molecular flexibility index (Phi) is 4.04. The molecule has 21 heavy (non-hydrogen) atoms. The Hall–Kier alpha value is -2.10. The van der Waals surface area contributed by atoms with Gasteiger partial charge < -0.3 is 10.1 Å². The summed E-state index contributed by atoms with van der Waals surface area (Å²) >= 11 is 0. The van der Waals surface area contributed by atoms with Gasteiger partial charge in [-0.2, -0.15) is 0 Å². The Morgan fingerprint density at radius 3 is 2.76 bits per heavy atom. The molecule has 1 fully saturated rings. The second-order valence-corrected chi connectivity index (χ2v) is 5.56. The van der Waals surface area contributed by atoms with Crippen LogP contribution in [0.25, 0.3) is 6.08 Å². The van der Waals surface area contributed by atoms with Gasteiger partial charge in [0.15, 0.2) is 0 Å². The number of rotatable bonds is 3. The van der Waals surface area contributed by atoms with Gasteiger partial charge in [-0.1, -0.05) is 37.5 Å². The lowest BCUT2D eigenvalue weighted by Gasteiger charge is -2.20. The van der Waals surface area contributed by atoms with E-state index < -0.39 is 0 Å². The zero-order valence-corrected chi connectivity index (χ0v) is 12.3. The number of benzene rings is 1. The van der Waals surface area contributed by atoms with E-state index in [9.17, 15) is 4.79 Å². The van der Waals surface area contributed by atoms with Crippen LogP contribution in [-0.2, 0) is 4.79 Å². The third-order valence-corrected chi connectivity index (χ3v) is 4.14. The molecule has 0 aromatic heterocycles. The van der Waals surface area contributed by atoms with Crippen molar-refractivity contribution >= 4 is 17.8 Å².